The molecule has 0 unspecified atom stereocenters. The molecular weight excluding hydrogens is 176 g/mol. The summed E-state index contributed by atoms with van der Waals surface area (Å²) in [4.78, 5) is 0. The molecule has 0 saturated carbocycles. The quantitative estimate of drug-likeness (QED) is 0.414. The predicted octanol–water partition coefficient (Wildman–Crippen LogP) is 1.52. The molecule has 0 spiro atoms. The molecule has 0 aliphatic heterocycles. The first-order valence-electron chi connectivity index (χ1n) is 5.51. The summed E-state index contributed by atoms with van der Waals surface area (Å²) in [5.74, 6) is 0. The molecule has 0 saturated heterocycles. The minimum atomic E-state index is 1.02. The van der Waals surface area contributed by atoms with Crippen molar-refractivity contribution in [3.05, 3.63) is 12.3 Å². The molecule has 0 heterocycles. The Kier molecular flexibility index (Phi) is 12.0. The zero-order valence-electron chi connectivity index (χ0n) is 9.51. The Labute approximate surface area is 87.9 Å². The second kappa shape index (κ2) is 12.5. The molecule has 0 aliphatic rings. The maximum atomic E-state index is 4.79. The van der Waals surface area contributed by atoms with Gasteiger partial charge in [0.1, 0.15) is 0 Å². The molecule has 0 amide bonds. The van der Waals surface area contributed by atoms with E-state index in [4.69, 9.17) is 4.74 Å². The highest BCUT2D eigenvalue weighted by Crippen LogP contribution is 1.82. The number of ether oxygens (including phenoxy) is 1. The largest absolute Gasteiger partial charge is 0.505 e. The predicted molar refractivity (Wildman–Crippen MR) is 61.4 cm³/mol. The van der Waals surface area contributed by atoms with Crippen LogP contribution in [0.1, 0.15) is 26.2 Å². The molecule has 0 rings (SSSR count). The highest BCUT2D eigenvalue weighted by Gasteiger charge is 1.86. The summed E-state index contributed by atoms with van der Waals surface area (Å²) in [5.41, 5.74) is 0. The summed E-state index contributed by atoms with van der Waals surface area (Å²) in [6.07, 6.45) is 7.32. The van der Waals surface area contributed by atoms with E-state index in [1.807, 2.05) is 6.08 Å². The molecule has 0 atom stereocenters. The molecule has 0 aromatic carbocycles. The molecule has 0 radical (unpaired) electrons. The summed E-state index contributed by atoms with van der Waals surface area (Å²) in [5, 5.41) is 6.74. The Balaban J connectivity index is 2.88. The van der Waals surface area contributed by atoms with Crippen LogP contribution in [0, 0.1) is 0 Å². The second-order valence-corrected chi connectivity index (χ2v) is 3.25. The number of rotatable bonds is 10. The van der Waals surface area contributed by atoms with Gasteiger partial charge < -0.3 is 15.4 Å². The van der Waals surface area contributed by atoms with Crippen LogP contribution in [-0.2, 0) is 4.74 Å². The molecule has 0 aromatic rings. The zero-order valence-corrected chi connectivity index (χ0v) is 9.51. The first-order chi connectivity index (χ1) is 6.91. The van der Waals surface area contributed by atoms with Crippen molar-refractivity contribution in [2.24, 2.45) is 0 Å². The molecule has 84 valence electrons. The van der Waals surface area contributed by atoms with Gasteiger partial charge in [-0.2, -0.15) is 0 Å². The van der Waals surface area contributed by atoms with Crippen LogP contribution in [0.4, 0.5) is 0 Å². The van der Waals surface area contributed by atoms with Gasteiger partial charge in [0.15, 0.2) is 0 Å². The van der Waals surface area contributed by atoms with Gasteiger partial charge in [0.05, 0.1) is 13.4 Å². The summed E-state index contributed by atoms with van der Waals surface area (Å²) >= 11 is 0. The smallest absolute Gasteiger partial charge is 0.0785 e. The van der Waals surface area contributed by atoms with E-state index in [1.165, 1.54) is 12.8 Å². The third kappa shape index (κ3) is 11.5. The molecule has 0 bridgehead atoms. The SMILES string of the molecule is CCCCNCCNCCC=COC. The molecule has 2 N–H and O–H groups in total. The first kappa shape index (κ1) is 13.5. The van der Waals surface area contributed by atoms with E-state index in [1.54, 1.807) is 13.4 Å². The molecule has 0 fully saturated rings. The van der Waals surface area contributed by atoms with Gasteiger partial charge in [-0.15, -0.1) is 0 Å². The zero-order chi connectivity index (χ0) is 10.5. The van der Waals surface area contributed by atoms with Crippen LogP contribution >= 0.6 is 0 Å². The molecule has 0 aliphatic carbocycles. The van der Waals surface area contributed by atoms with Gasteiger partial charge in [0, 0.05) is 13.1 Å². The van der Waals surface area contributed by atoms with Crippen molar-refractivity contribution in [2.75, 3.05) is 33.3 Å². The fourth-order valence-electron chi connectivity index (χ4n) is 1.08. The van der Waals surface area contributed by atoms with Crippen LogP contribution in [0.25, 0.3) is 0 Å². The fraction of sp³-hybridized carbons (Fsp3) is 0.818. The van der Waals surface area contributed by atoms with Crippen LogP contribution in [0.3, 0.4) is 0 Å². The number of hydrogen-bond acceptors (Lipinski definition) is 3. The normalized spacial score (nSPS) is 11.0. The van der Waals surface area contributed by atoms with Gasteiger partial charge in [-0.1, -0.05) is 13.3 Å². The van der Waals surface area contributed by atoms with Gasteiger partial charge >= 0.3 is 0 Å². The summed E-state index contributed by atoms with van der Waals surface area (Å²) in [6.45, 7) is 6.48. The molecular formula is C11H24N2O. The third-order valence-electron chi connectivity index (χ3n) is 1.91. The lowest BCUT2D eigenvalue weighted by molar-refractivity contribution is 0.336. The first-order valence-corrected chi connectivity index (χ1v) is 5.51. The Morgan fingerprint density at radius 3 is 2.43 bits per heavy atom. The van der Waals surface area contributed by atoms with E-state index in [9.17, 15) is 0 Å². The van der Waals surface area contributed by atoms with Crippen LogP contribution in [0.2, 0.25) is 0 Å². The lowest BCUT2D eigenvalue weighted by Gasteiger charge is -2.04. The molecule has 0 aromatic heterocycles. The topological polar surface area (TPSA) is 33.3 Å². The van der Waals surface area contributed by atoms with Gasteiger partial charge in [-0.3, -0.25) is 0 Å². The van der Waals surface area contributed by atoms with Gasteiger partial charge in [0.25, 0.3) is 0 Å². The lowest BCUT2D eigenvalue weighted by atomic mass is 10.3. The van der Waals surface area contributed by atoms with Crippen molar-refractivity contribution in [1.82, 2.24) is 10.6 Å². The van der Waals surface area contributed by atoms with E-state index in [0.29, 0.717) is 0 Å². The van der Waals surface area contributed by atoms with Crippen molar-refractivity contribution >= 4 is 0 Å². The highest BCUT2D eigenvalue weighted by atomic mass is 16.5. The van der Waals surface area contributed by atoms with E-state index in [0.717, 1.165) is 32.6 Å². The Hall–Kier alpha value is -0.540. The minimum Gasteiger partial charge on any atom is -0.505 e. The third-order valence-corrected chi connectivity index (χ3v) is 1.91. The summed E-state index contributed by atoms with van der Waals surface area (Å²) in [7, 11) is 1.67. The fourth-order valence-corrected chi connectivity index (χ4v) is 1.08. The Morgan fingerprint density at radius 1 is 1.07 bits per heavy atom. The summed E-state index contributed by atoms with van der Waals surface area (Å²) in [6, 6.07) is 0. The average molecular weight is 200 g/mol. The van der Waals surface area contributed by atoms with Crippen LogP contribution in [0.5, 0.6) is 0 Å². The number of nitrogens with one attached hydrogen (secondary N) is 2. The van der Waals surface area contributed by atoms with Crippen LogP contribution < -0.4 is 10.6 Å². The highest BCUT2D eigenvalue weighted by molar-refractivity contribution is 4.73. The molecule has 3 nitrogen and oxygen atoms in total. The van der Waals surface area contributed by atoms with Crippen LogP contribution in [0.15, 0.2) is 12.3 Å². The van der Waals surface area contributed by atoms with E-state index in [-0.39, 0.29) is 0 Å². The lowest BCUT2D eigenvalue weighted by Crippen LogP contribution is -2.28. The average Bonchev–Trinajstić information content (AvgIpc) is 2.21. The molecule has 14 heavy (non-hydrogen) atoms. The van der Waals surface area contributed by atoms with Crippen LogP contribution in [-0.4, -0.2) is 33.3 Å². The number of unbranched alkanes of at least 4 members (excludes halogenated alkanes) is 1. The van der Waals surface area contributed by atoms with Gasteiger partial charge in [-0.25, -0.2) is 0 Å². The molecule has 3 heteroatoms. The van der Waals surface area contributed by atoms with Gasteiger partial charge in [0.2, 0.25) is 0 Å². The van der Waals surface area contributed by atoms with Gasteiger partial charge in [-0.05, 0) is 32.0 Å². The Bertz CT molecular complexity index is 126. The number of methoxy groups -OCH3 is 1. The van der Waals surface area contributed by atoms with E-state index < -0.39 is 0 Å². The van der Waals surface area contributed by atoms with E-state index >= 15 is 0 Å². The van der Waals surface area contributed by atoms with E-state index in [2.05, 4.69) is 17.6 Å². The van der Waals surface area contributed by atoms with Crippen molar-refractivity contribution in [3.8, 4) is 0 Å². The number of hydrogen-bond donors (Lipinski definition) is 2. The maximum absolute atomic E-state index is 4.79. The standard InChI is InChI=1S/C11H24N2O/c1-3-4-7-12-9-10-13-8-5-6-11-14-2/h6,11-13H,3-5,7-10H2,1-2H3. The van der Waals surface area contributed by atoms with Crippen molar-refractivity contribution in [3.63, 3.8) is 0 Å². The Morgan fingerprint density at radius 2 is 1.79 bits per heavy atom. The van der Waals surface area contributed by atoms with Crippen molar-refractivity contribution in [1.29, 1.82) is 0 Å². The second-order valence-electron chi connectivity index (χ2n) is 3.25. The van der Waals surface area contributed by atoms with Crippen molar-refractivity contribution < 1.29 is 4.74 Å². The minimum absolute atomic E-state index is 1.02. The van der Waals surface area contributed by atoms with Crippen molar-refractivity contribution in [2.45, 2.75) is 26.2 Å². The summed E-state index contributed by atoms with van der Waals surface area (Å²) < 4.78 is 4.79. The maximum Gasteiger partial charge on any atom is 0.0785 e. The monoisotopic (exact) mass is 200 g/mol.